The van der Waals surface area contributed by atoms with E-state index in [-0.39, 0.29) is 13.2 Å². The Morgan fingerprint density at radius 3 is 2.92 bits per heavy atom. The van der Waals surface area contributed by atoms with Crippen molar-refractivity contribution in [2.24, 2.45) is 5.41 Å². The average Bonchev–Trinajstić information content (AvgIpc) is 2.16. The highest BCUT2D eigenvalue weighted by molar-refractivity contribution is 5.75. The molecule has 4 heteroatoms. The van der Waals surface area contributed by atoms with Crippen LogP contribution in [0.2, 0.25) is 0 Å². The molecular formula is C9H16O4. The van der Waals surface area contributed by atoms with Crippen LogP contribution < -0.4 is 0 Å². The Bertz CT molecular complexity index is 172. The Morgan fingerprint density at radius 1 is 1.69 bits per heavy atom. The van der Waals surface area contributed by atoms with Gasteiger partial charge in [-0.15, -0.1) is 0 Å². The number of carbonyl (C=O) groups is 1. The van der Waals surface area contributed by atoms with Gasteiger partial charge in [-0.25, -0.2) is 0 Å². The van der Waals surface area contributed by atoms with Crippen molar-refractivity contribution in [2.75, 3.05) is 26.4 Å². The highest BCUT2D eigenvalue weighted by Crippen LogP contribution is 2.29. The van der Waals surface area contributed by atoms with Gasteiger partial charge in [-0.1, -0.05) is 0 Å². The van der Waals surface area contributed by atoms with Gasteiger partial charge in [0.05, 0.1) is 13.2 Å². The lowest BCUT2D eigenvalue weighted by Gasteiger charge is -2.32. The molecule has 0 aromatic heterocycles. The van der Waals surface area contributed by atoms with Crippen LogP contribution in [-0.4, -0.2) is 37.5 Å². The second-order valence-electron chi connectivity index (χ2n) is 3.38. The lowest BCUT2D eigenvalue weighted by molar-refractivity contribution is -0.163. The number of carboxylic acids is 1. The van der Waals surface area contributed by atoms with Gasteiger partial charge in [0.1, 0.15) is 5.41 Å². The van der Waals surface area contributed by atoms with Gasteiger partial charge < -0.3 is 14.6 Å². The Kier molecular flexibility index (Phi) is 3.69. The molecule has 0 bridgehead atoms. The molecule has 0 spiro atoms. The van der Waals surface area contributed by atoms with E-state index in [1.165, 1.54) is 0 Å². The molecule has 1 aliphatic heterocycles. The molecule has 76 valence electrons. The lowest BCUT2D eigenvalue weighted by atomic mass is 9.83. The fraction of sp³-hybridized carbons (Fsp3) is 0.889. The summed E-state index contributed by atoms with van der Waals surface area (Å²) < 4.78 is 10.4. The number of carboxylic acid groups (broad SMARTS) is 1. The number of ether oxygens (including phenoxy) is 2. The molecule has 0 saturated carbocycles. The number of hydrogen-bond donors (Lipinski definition) is 1. The van der Waals surface area contributed by atoms with Crippen molar-refractivity contribution < 1.29 is 19.4 Å². The molecule has 1 saturated heterocycles. The maximum absolute atomic E-state index is 11.0. The highest BCUT2D eigenvalue weighted by atomic mass is 16.5. The SMILES string of the molecule is CCOCC1(C(=O)O)CCCOC1. The summed E-state index contributed by atoms with van der Waals surface area (Å²) in [5.41, 5.74) is -0.797. The van der Waals surface area contributed by atoms with E-state index in [1.54, 1.807) is 0 Å². The van der Waals surface area contributed by atoms with Gasteiger partial charge in [0.15, 0.2) is 0 Å². The third kappa shape index (κ3) is 2.42. The summed E-state index contributed by atoms with van der Waals surface area (Å²) in [4.78, 5) is 11.0. The summed E-state index contributed by atoms with van der Waals surface area (Å²) >= 11 is 0. The highest BCUT2D eigenvalue weighted by Gasteiger charge is 2.40. The normalized spacial score (nSPS) is 28.7. The summed E-state index contributed by atoms with van der Waals surface area (Å²) in [6, 6.07) is 0. The van der Waals surface area contributed by atoms with E-state index >= 15 is 0 Å². The third-order valence-electron chi connectivity index (χ3n) is 2.36. The van der Waals surface area contributed by atoms with E-state index in [0.29, 0.717) is 19.6 Å². The smallest absolute Gasteiger partial charge is 0.314 e. The zero-order chi connectivity index (χ0) is 9.73. The van der Waals surface area contributed by atoms with Gasteiger partial charge in [-0.3, -0.25) is 4.79 Å². The Morgan fingerprint density at radius 2 is 2.46 bits per heavy atom. The first kappa shape index (κ1) is 10.5. The minimum atomic E-state index is -0.805. The number of hydrogen-bond acceptors (Lipinski definition) is 3. The molecule has 13 heavy (non-hydrogen) atoms. The largest absolute Gasteiger partial charge is 0.481 e. The van der Waals surface area contributed by atoms with Gasteiger partial charge in [0.25, 0.3) is 0 Å². The summed E-state index contributed by atoms with van der Waals surface area (Å²) in [5, 5.41) is 9.06. The first-order valence-electron chi connectivity index (χ1n) is 4.60. The van der Waals surface area contributed by atoms with E-state index in [2.05, 4.69) is 0 Å². The minimum Gasteiger partial charge on any atom is -0.481 e. The van der Waals surface area contributed by atoms with Crippen LogP contribution in [0.25, 0.3) is 0 Å². The maximum atomic E-state index is 11.0. The molecule has 1 atom stereocenters. The Balaban J connectivity index is 2.56. The van der Waals surface area contributed by atoms with Gasteiger partial charge >= 0.3 is 5.97 Å². The van der Waals surface area contributed by atoms with E-state index < -0.39 is 11.4 Å². The van der Waals surface area contributed by atoms with Crippen molar-refractivity contribution in [2.45, 2.75) is 19.8 Å². The predicted molar refractivity (Wildman–Crippen MR) is 46.6 cm³/mol. The summed E-state index contributed by atoms with van der Waals surface area (Å²) in [6.07, 6.45) is 1.46. The standard InChI is InChI=1S/C9H16O4/c1-2-12-6-9(8(10)11)4-3-5-13-7-9/h2-7H2,1H3,(H,10,11). The zero-order valence-electron chi connectivity index (χ0n) is 7.91. The maximum Gasteiger partial charge on any atom is 0.314 e. The molecule has 1 unspecified atom stereocenters. The molecule has 1 heterocycles. The van der Waals surface area contributed by atoms with Crippen molar-refractivity contribution in [3.63, 3.8) is 0 Å². The van der Waals surface area contributed by atoms with Crippen molar-refractivity contribution in [1.82, 2.24) is 0 Å². The van der Waals surface area contributed by atoms with Crippen LogP contribution in [0.15, 0.2) is 0 Å². The van der Waals surface area contributed by atoms with Crippen LogP contribution in [0, 0.1) is 5.41 Å². The Labute approximate surface area is 77.8 Å². The first-order valence-corrected chi connectivity index (χ1v) is 4.60. The van der Waals surface area contributed by atoms with Gasteiger partial charge in [-0.2, -0.15) is 0 Å². The van der Waals surface area contributed by atoms with Crippen LogP contribution in [0.4, 0.5) is 0 Å². The lowest BCUT2D eigenvalue weighted by Crippen LogP contribution is -2.43. The summed E-state index contributed by atoms with van der Waals surface area (Å²) in [5.74, 6) is -0.805. The van der Waals surface area contributed by atoms with Crippen molar-refractivity contribution >= 4 is 5.97 Å². The zero-order valence-corrected chi connectivity index (χ0v) is 7.91. The predicted octanol–water partition coefficient (Wildman–Crippen LogP) is 0.904. The van der Waals surface area contributed by atoms with Crippen LogP contribution >= 0.6 is 0 Å². The molecule has 0 aromatic rings. The second-order valence-corrected chi connectivity index (χ2v) is 3.38. The van der Waals surface area contributed by atoms with Crippen molar-refractivity contribution in [3.8, 4) is 0 Å². The molecule has 0 aliphatic carbocycles. The average molecular weight is 188 g/mol. The third-order valence-corrected chi connectivity index (χ3v) is 2.36. The fourth-order valence-electron chi connectivity index (χ4n) is 1.49. The van der Waals surface area contributed by atoms with Crippen LogP contribution in [-0.2, 0) is 14.3 Å². The molecular weight excluding hydrogens is 172 g/mol. The van der Waals surface area contributed by atoms with Gasteiger partial charge in [0, 0.05) is 13.2 Å². The van der Waals surface area contributed by atoms with Crippen LogP contribution in [0.1, 0.15) is 19.8 Å². The number of rotatable bonds is 4. The topological polar surface area (TPSA) is 55.8 Å². The molecule has 0 amide bonds. The molecule has 1 rings (SSSR count). The van der Waals surface area contributed by atoms with Gasteiger partial charge in [0.2, 0.25) is 0 Å². The second kappa shape index (κ2) is 4.58. The van der Waals surface area contributed by atoms with Gasteiger partial charge in [-0.05, 0) is 19.8 Å². The summed E-state index contributed by atoms with van der Waals surface area (Å²) in [6.45, 7) is 3.62. The molecule has 1 fully saturated rings. The number of aliphatic carboxylic acids is 1. The van der Waals surface area contributed by atoms with E-state index in [1.807, 2.05) is 6.92 Å². The summed E-state index contributed by atoms with van der Waals surface area (Å²) in [7, 11) is 0. The molecule has 1 N–H and O–H groups in total. The minimum absolute atomic E-state index is 0.263. The van der Waals surface area contributed by atoms with Crippen LogP contribution in [0.3, 0.4) is 0 Å². The van der Waals surface area contributed by atoms with Crippen molar-refractivity contribution in [1.29, 1.82) is 0 Å². The molecule has 0 aromatic carbocycles. The quantitative estimate of drug-likeness (QED) is 0.712. The van der Waals surface area contributed by atoms with E-state index in [0.717, 1.165) is 6.42 Å². The first-order chi connectivity index (χ1) is 6.21. The molecule has 1 aliphatic rings. The van der Waals surface area contributed by atoms with E-state index in [9.17, 15) is 4.79 Å². The van der Waals surface area contributed by atoms with Crippen molar-refractivity contribution in [3.05, 3.63) is 0 Å². The Hall–Kier alpha value is -0.610. The van der Waals surface area contributed by atoms with Crippen LogP contribution in [0.5, 0.6) is 0 Å². The molecule has 4 nitrogen and oxygen atoms in total. The van der Waals surface area contributed by atoms with E-state index in [4.69, 9.17) is 14.6 Å². The monoisotopic (exact) mass is 188 g/mol. The fourth-order valence-corrected chi connectivity index (χ4v) is 1.49. The molecule has 0 radical (unpaired) electrons.